The van der Waals surface area contributed by atoms with Crippen LogP contribution in [0.2, 0.25) is 0 Å². The van der Waals surface area contributed by atoms with E-state index in [9.17, 15) is 0 Å². The molecule has 2 nitrogen and oxygen atoms in total. The first-order valence-corrected chi connectivity index (χ1v) is 7.19. The first-order chi connectivity index (χ1) is 8.47. The van der Waals surface area contributed by atoms with E-state index >= 15 is 0 Å². The fourth-order valence-corrected chi connectivity index (χ4v) is 2.28. The number of rotatable bonds is 5. The Morgan fingerprint density at radius 3 is 2.72 bits per heavy atom. The van der Waals surface area contributed by atoms with Gasteiger partial charge < -0.3 is 4.74 Å². The minimum Gasteiger partial charge on any atom is -0.477 e. The van der Waals surface area contributed by atoms with Gasteiger partial charge in [0.2, 0.25) is 0 Å². The first kappa shape index (κ1) is 15.3. The van der Waals surface area contributed by atoms with Gasteiger partial charge in [0.25, 0.3) is 0 Å². The fourth-order valence-electron chi connectivity index (χ4n) is 2.28. The summed E-state index contributed by atoms with van der Waals surface area (Å²) < 4.78 is 6.23. The van der Waals surface area contributed by atoms with E-state index in [4.69, 9.17) is 4.74 Å². The van der Waals surface area contributed by atoms with E-state index in [0.717, 1.165) is 30.9 Å². The Labute approximate surface area is 112 Å². The number of hydrogen-bond acceptors (Lipinski definition) is 2. The molecular weight excluding hydrogens is 222 g/mol. The lowest BCUT2D eigenvalue weighted by molar-refractivity contribution is -0.0638. The monoisotopic (exact) mass is 251 g/mol. The number of allylic oxidation sites excluding steroid dienone is 4. The number of hydrogen-bond donors (Lipinski definition) is 1. The van der Waals surface area contributed by atoms with E-state index in [1.54, 1.807) is 0 Å². The molecule has 1 rings (SSSR count). The number of nitrogens with one attached hydrogen (secondary N) is 1. The van der Waals surface area contributed by atoms with Crippen LogP contribution in [0.15, 0.2) is 23.5 Å². The molecule has 0 saturated carbocycles. The predicted molar refractivity (Wildman–Crippen MR) is 78.3 cm³/mol. The SMILES string of the molecule is CNC1(CCC(C)C)CCC/C(=C\C=C(C)C)O1. The van der Waals surface area contributed by atoms with Crippen LogP contribution >= 0.6 is 0 Å². The third-order valence-electron chi connectivity index (χ3n) is 3.51. The Hall–Kier alpha value is -0.760. The van der Waals surface area contributed by atoms with Gasteiger partial charge in [0.1, 0.15) is 0 Å². The van der Waals surface area contributed by atoms with Gasteiger partial charge in [-0.05, 0) is 45.7 Å². The van der Waals surface area contributed by atoms with Crippen molar-refractivity contribution in [2.24, 2.45) is 5.92 Å². The highest BCUT2D eigenvalue weighted by Crippen LogP contribution is 2.33. The molecule has 0 radical (unpaired) electrons. The van der Waals surface area contributed by atoms with Crippen molar-refractivity contribution in [3.63, 3.8) is 0 Å². The summed E-state index contributed by atoms with van der Waals surface area (Å²) in [4.78, 5) is 0. The van der Waals surface area contributed by atoms with Crippen molar-refractivity contribution in [3.05, 3.63) is 23.5 Å². The molecule has 1 aliphatic heterocycles. The van der Waals surface area contributed by atoms with Gasteiger partial charge in [-0.25, -0.2) is 0 Å². The topological polar surface area (TPSA) is 21.3 Å². The van der Waals surface area contributed by atoms with Crippen LogP contribution in [0.5, 0.6) is 0 Å². The van der Waals surface area contributed by atoms with Gasteiger partial charge in [0.05, 0.1) is 5.76 Å². The lowest BCUT2D eigenvalue weighted by Gasteiger charge is -2.39. The highest BCUT2D eigenvalue weighted by molar-refractivity contribution is 5.13. The number of ether oxygens (including phenoxy) is 1. The summed E-state index contributed by atoms with van der Waals surface area (Å²) >= 11 is 0. The standard InChI is InChI=1S/C16H29NO/c1-13(2)8-9-15-7-6-11-16(17-5,18-15)12-10-14(3)4/h8-9,14,17H,6-7,10-12H2,1-5H3/b15-9+. The molecule has 1 unspecified atom stereocenters. The largest absolute Gasteiger partial charge is 0.477 e. The predicted octanol–water partition coefficient (Wildman–Crippen LogP) is 4.39. The molecule has 0 aromatic heterocycles. The highest BCUT2D eigenvalue weighted by Gasteiger charge is 2.33. The molecule has 1 saturated heterocycles. The average molecular weight is 251 g/mol. The summed E-state index contributed by atoms with van der Waals surface area (Å²) in [6.07, 6.45) is 9.96. The van der Waals surface area contributed by atoms with Gasteiger partial charge in [0.15, 0.2) is 5.72 Å². The summed E-state index contributed by atoms with van der Waals surface area (Å²) in [5.41, 5.74) is 1.18. The fraction of sp³-hybridized carbons (Fsp3) is 0.750. The van der Waals surface area contributed by atoms with Crippen molar-refractivity contribution in [2.45, 2.75) is 65.5 Å². The Kier molecular flexibility index (Phi) is 5.94. The smallest absolute Gasteiger partial charge is 0.160 e. The quantitative estimate of drug-likeness (QED) is 0.782. The molecular formula is C16H29NO. The van der Waals surface area contributed by atoms with Crippen molar-refractivity contribution in [1.82, 2.24) is 5.32 Å². The van der Waals surface area contributed by atoms with Gasteiger partial charge in [-0.3, -0.25) is 5.32 Å². The molecule has 0 aromatic rings. The van der Waals surface area contributed by atoms with Crippen molar-refractivity contribution in [3.8, 4) is 0 Å². The second-order valence-electron chi connectivity index (χ2n) is 6.01. The van der Waals surface area contributed by atoms with Crippen molar-refractivity contribution in [1.29, 1.82) is 0 Å². The molecule has 1 fully saturated rings. The molecule has 0 amide bonds. The first-order valence-electron chi connectivity index (χ1n) is 7.19. The van der Waals surface area contributed by atoms with Crippen LogP contribution in [0, 0.1) is 5.92 Å². The average Bonchev–Trinajstić information content (AvgIpc) is 2.34. The maximum Gasteiger partial charge on any atom is 0.160 e. The van der Waals surface area contributed by atoms with Gasteiger partial charge in [-0.1, -0.05) is 25.5 Å². The maximum absolute atomic E-state index is 6.23. The molecule has 18 heavy (non-hydrogen) atoms. The van der Waals surface area contributed by atoms with E-state index in [2.05, 4.69) is 45.2 Å². The van der Waals surface area contributed by atoms with E-state index < -0.39 is 0 Å². The Morgan fingerprint density at radius 1 is 1.44 bits per heavy atom. The Bertz CT molecular complexity index is 313. The summed E-state index contributed by atoms with van der Waals surface area (Å²) in [5.74, 6) is 1.85. The van der Waals surface area contributed by atoms with E-state index in [0.29, 0.717) is 0 Å². The van der Waals surface area contributed by atoms with Crippen LogP contribution < -0.4 is 5.32 Å². The minimum atomic E-state index is -0.135. The Morgan fingerprint density at radius 2 is 2.17 bits per heavy atom. The third-order valence-corrected chi connectivity index (χ3v) is 3.51. The van der Waals surface area contributed by atoms with Crippen LogP contribution in [0.25, 0.3) is 0 Å². The molecule has 0 aliphatic carbocycles. The molecule has 0 bridgehead atoms. The van der Waals surface area contributed by atoms with Crippen LogP contribution in [0.4, 0.5) is 0 Å². The van der Waals surface area contributed by atoms with Crippen molar-refractivity contribution < 1.29 is 4.74 Å². The molecule has 1 N–H and O–H groups in total. The van der Waals surface area contributed by atoms with Crippen molar-refractivity contribution >= 4 is 0 Å². The van der Waals surface area contributed by atoms with Gasteiger partial charge in [0, 0.05) is 19.3 Å². The van der Waals surface area contributed by atoms with Crippen LogP contribution in [0.3, 0.4) is 0 Å². The zero-order chi connectivity index (χ0) is 13.6. The summed E-state index contributed by atoms with van der Waals surface area (Å²) in [6.45, 7) is 8.77. The summed E-state index contributed by atoms with van der Waals surface area (Å²) in [7, 11) is 2.02. The van der Waals surface area contributed by atoms with Crippen LogP contribution in [-0.2, 0) is 4.74 Å². The summed E-state index contributed by atoms with van der Waals surface area (Å²) in [5, 5.41) is 3.41. The van der Waals surface area contributed by atoms with Crippen LogP contribution in [-0.4, -0.2) is 12.8 Å². The highest BCUT2D eigenvalue weighted by atomic mass is 16.5. The molecule has 0 spiro atoms. The van der Waals surface area contributed by atoms with Gasteiger partial charge in [-0.15, -0.1) is 0 Å². The molecule has 1 atom stereocenters. The van der Waals surface area contributed by atoms with Crippen molar-refractivity contribution in [2.75, 3.05) is 7.05 Å². The molecule has 104 valence electrons. The maximum atomic E-state index is 6.23. The zero-order valence-corrected chi connectivity index (χ0v) is 12.7. The van der Waals surface area contributed by atoms with E-state index in [1.165, 1.54) is 18.4 Å². The normalized spacial score (nSPS) is 26.2. The second-order valence-corrected chi connectivity index (χ2v) is 6.01. The summed E-state index contributed by atoms with van der Waals surface area (Å²) in [6, 6.07) is 0. The van der Waals surface area contributed by atoms with E-state index in [-0.39, 0.29) is 5.72 Å². The molecule has 1 heterocycles. The van der Waals surface area contributed by atoms with Gasteiger partial charge >= 0.3 is 0 Å². The van der Waals surface area contributed by atoms with E-state index in [1.807, 2.05) is 7.05 Å². The van der Waals surface area contributed by atoms with Gasteiger partial charge in [-0.2, -0.15) is 0 Å². The lowest BCUT2D eigenvalue weighted by atomic mass is 9.93. The molecule has 0 aromatic carbocycles. The molecule has 2 heteroatoms. The third kappa shape index (κ3) is 4.85. The lowest BCUT2D eigenvalue weighted by Crippen LogP contribution is -2.47. The zero-order valence-electron chi connectivity index (χ0n) is 12.7. The Balaban J connectivity index is 2.69. The molecule has 1 aliphatic rings. The van der Waals surface area contributed by atoms with Crippen LogP contribution in [0.1, 0.15) is 59.8 Å². The second kappa shape index (κ2) is 6.98. The minimum absolute atomic E-state index is 0.135.